The van der Waals surface area contributed by atoms with E-state index in [1.165, 1.54) is 0 Å². The van der Waals surface area contributed by atoms with E-state index in [1.54, 1.807) is 0 Å². The molecule has 124 valence electrons. The fraction of sp³-hybridized carbons (Fsp3) is 0.929. The molecule has 2 heterocycles. The fourth-order valence-electron chi connectivity index (χ4n) is 2.46. The molecule has 0 bridgehead atoms. The largest absolute Gasteiger partial charge is 0.396 e. The Bertz CT molecular complexity index is 337. The van der Waals surface area contributed by atoms with Gasteiger partial charge in [0, 0.05) is 19.7 Å². The van der Waals surface area contributed by atoms with Crippen molar-refractivity contribution in [3.8, 4) is 0 Å². The third kappa shape index (κ3) is 5.22. The summed E-state index contributed by atoms with van der Waals surface area (Å²) in [5, 5.41) is 16.0. The SMILES string of the molecule is CCNC(=NCC1(CO)COC1)NCC1(C)CCCO1.I. The molecule has 0 aromatic rings. The Morgan fingerprint density at radius 1 is 1.33 bits per heavy atom. The summed E-state index contributed by atoms with van der Waals surface area (Å²) < 4.78 is 11.0. The highest BCUT2D eigenvalue weighted by atomic mass is 127. The summed E-state index contributed by atoms with van der Waals surface area (Å²) in [5.41, 5.74) is -0.277. The third-order valence-corrected chi connectivity index (χ3v) is 4.00. The fourth-order valence-corrected chi connectivity index (χ4v) is 2.46. The Labute approximate surface area is 144 Å². The van der Waals surface area contributed by atoms with Gasteiger partial charge in [-0.15, -0.1) is 24.0 Å². The van der Waals surface area contributed by atoms with E-state index in [0.717, 1.165) is 38.5 Å². The molecule has 3 N–H and O–H groups in total. The Hall–Kier alpha value is -0.120. The van der Waals surface area contributed by atoms with Crippen molar-refractivity contribution in [3.05, 3.63) is 0 Å². The standard InChI is InChI=1S/C14H27N3O3.HI/c1-3-15-12(16-7-13(2)5-4-6-20-13)17-8-14(9-18)10-19-11-14;/h18H,3-11H2,1-2H3,(H2,15,16,17);1H. The highest BCUT2D eigenvalue weighted by Gasteiger charge is 2.38. The van der Waals surface area contributed by atoms with Crippen LogP contribution in [0.3, 0.4) is 0 Å². The van der Waals surface area contributed by atoms with E-state index in [1.807, 2.05) is 6.92 Å². The maximum atomic E-state index is 9.41. The second-order valence-corrected chi connectivity index (χ2v) is 6.10. The lowest BCUT2D eigenvalue weighted by atomic mass is 9.87. The predicted octanol–water partition coefficient (Wildman–Crippen LogP) is 0.737. The Balaban J connectivity index is 0.00000220. The summed E-state index contributed by atoms with van der Waals surface area (Å²) in [6.45, 7) is 8.46. The normalized spacial score (nSPS) is 27.7. The van der Waals surface area contributed by atoms with Gasteiger partial charge < -0.3 is 25.2 Å². The number of aliphatic hydroxyl groups excluding tert-OH is 1. The zero-order valence-electron chi connectivity index (χ0n) is 13.0. The molecule has 1 unspecified atom stereocenters. The molecule has 2 fully saturated rings. The van der Waals surface area contributed by atoms with E-state index in [9.17, 15) is 5.11 Å². The topological polar surface area (TPSA) is 75.1 Å². The van der Waals surface area contributed by atoms with Gasteiger partial charge >= 0.3 is 0 Å². The monoisotopic (exact) mass is 413 g/mol. The summed E-state index contributed by atoms with van der Waals surface area (Å²) in [4.78, 5) is 4.57. The average Bonchev–Trinajstić information content (AvgIpc) is 2.82. The molecule has 0 aromatic carbocycles. The van der Waals surface area contributed by atoms with Crippen LogP contribution in [0.1, 0.15) is 26.7 Å². The Morgan fingerprint density at radius 3 is 2.57 bits per heavy atom. The van der Waals surface area contributed by atoms with Crippen molar-refractivity contribution in [1.82, 2.24) is 10.6 Å². The molecule has 2 saturated heterocycles. The van der Waals surface area contributed by atoms with Crippen molar-refractivity contribution in [3.63, 3.8) is 0 Å². The van der Waals surface area contributed by atoms with Gasteiger partial charge in [0.2, 0.25) is 0 Å². The van der Waals surface area contributed by atoms with Crippen molar-refractivity contribution >= 4 is 29.9 Å². The molecular formula is C14H28IN3O3. The first-order chi connectivity index (χ1) is 9.61. The molecule has 2 rings (SSSR count). The van der Waals surface area contributed by atoms with Crippen LogP contribution in [0.4, 0.5) is 0 Å². The molecule has 21 heavy (non-hydrogen) atoms. The number of rotatable bonds is 6. The summed E-state index contributed by atoms with van der Waals surface area (Å²) in [6.07, 6.45) is 2.20. The highest BCUT2D eigenvalue weighted by molar-refractivity contribution is 14.0. The average molecular weight is 413 g/mol. The van der Waals surface area contributed by atoms with Gasteiger partial charge in [-0.3, -0.25) is 4.99 Å². The van der Waals surface area contributed by atoms with E-state index >= 15 is 0 Å². The molecule has 6 nitrogen and oxygen atoms in total. The second-order valence-electron chi connectivity index (χ2n) is 6.10. The molecular weight excluding hydrogens is 385 g/mol. The van der Waals surface area contributed by atoms with Crippen molar-refractivity contribution < 1.29 is 14.6 Å². The lowest BCUT2D eigenvalue weighted by molar-refractivity contribution is -0.130. The molecule has 2 aliphatic rings. The zero-order chi connectivity index (χ0) is 14.5. The first-order valence-electron chi connectivity index (χ1n) is 7.46. The van der Waals surface area contributed by atoms with Crippen molar-refractivity contribution in [2.75, 3.05) is 46.1 Å². The van der Waals surface area contributed by atoms with Crippen LogP contribution in [0.15, 0.2) is 4.99 Å². The molecule has 0 aromatic heterocycles. The number of halogens is 1. The number of nitrogens with one attached hydrogen (secondary N) is 2. The lowest BCUT2D eigenvalue weighted by Gasteiger charge is -2.38. The molecule has 1 atom stereocenters. The number of aliphatic imine (C=N–C) groups is 1. The minimum absolute atomic E-state index is 0. The van der Waals surface area contributed by atoms with Crippen LogP contribution in [0.25, 0.3) is 0 Å². The van der Waals surface area contributed by atoms with Crippen LogP contribution in [0.5, 0.6) is 0 Å². The molecule has 0 aliphatic carbocycles. The Morgan fingerprint density at radius 2 is 2.10 bits per heavy atom. The molecule has 0 spiro atoms. The molecule has 0 amide bonds. The van der Waals surface area contributed by atoms with Gasteiger partial charge in [-0.05, 0) is 26.7 Å². The van der Waals surface area contributed by atoms with Crippen LogP contribution >= 0.6 is 24.0 Å². The summed E-state index contributed by atoms with van der Waals surface area (Å²) >= 11 is 0. The van der Waals surface area contributed by atoms with Crippen molar-refractivity contribution in [2.24, 2.45) is 10.4 Å². The van der Waals surface area contributed by atoms with Gasteiger partial charge in [-0.25, -0.2) is 0 Å². The number of hydrogen-bond acceptors (Lipinski definition) is 4. The van der Waals surface area contributed by atoms with Crippen molar-refractivity contribution in [2.45, 2.75) is 32.3 Å². The predicted molar refractivity (Wildman–Crippen MR) is 93.3 cm³/mol. The highest BCUT2D eigenvalue weighted by Crippen LogP contribution is 2.27. The molecule has 7 heteroatoms. The zero-order valence-corrected chi connectivity index (χ0v) is 15.3. The van der Waals surface area contributed by atoms with Crippen molar-refractivity contribution in [1.29, 1.82) is 0 Å². The smallest absolute Gasteiger partial charge is 0.191 e. The summed E-state index contributed by atoms with van der Waals surface area (Å²) in [5.74, 6) is 0.781. The van der Waals surface area contributed by atoms with Gasteiger partial charge in [0.1, 0.15) is 0 Å². The number of nitrogens with zero attached hydrogens (tertiary/aromatic N) is 1. The van der Waals surface area contributed by atoms with E-state index in [4.69, 9.17) is 9.47 Å². The first kappa shape index (κ1) is 18.9. The van der Waals surface area contributed by atoms with Gasteiger partial charge in [-0.2, -0.15) is 0 Å². The first-order valence-corrected chi connectivity index (χ1v) is 7.46. The van der Waals surface area contributed by atoms with Crippen LogP contribution in [0.2, 0.25) is 0 Å². The third-order valence-electron chi connectivity index (χ3n) is 4.00. The van der Waals surface area contributed by atoms with Crippen LogP contribution in [0, 0.1) is 5.41 Å². The lowest BCUT2D eigenvalue weighted by Crippen LogP contribution is -2.50. The van der Waals surface area contributed by atoms with E-state index in [2.05, 4.69) is 22.5 Å². The van der Waals surface area contributed by atoms with Gasteiger partial charge in [-0.1, -0.05) is 0 Å². The molecule has 0 saturated carbocycles. The number of ether oxygens (including phenoxy) is 2. The minimum atomic E-state index is -0.184. The summed E-state index contributed by atoms with van der Waals surface area (Å²) in [6, 6.07) is 0. The minimum Gasteiger partial charge on any atom is -0.396 e. The van der Waals surface area contributed by atoms with E-state index in [0.29, 0.717) is 19.8 Å². The van der Waals surface area contributed by atoms with E-state index < -0.39 is 0 Å². The van der Waals surface area contributed by atoms with Gasteiger partial charge in [0.05, 0.1) is 37.4 Å². The second kappa shape index (κ2) is 8.50. The van der Waals surface area contributed by atoms with Crippen LogP contribution < -0.4 is 10.6 Å². The van der Waals surface area contributed by atoms with E-state index in [-0.39, 0.29) is 41.6 Å². The van der Waals surface area contributed by atoms with Crippen LogP contribution in [-0.2, 0) is 9.47 Å². The van der Waals surface area contributed by atoms with Gasteiger partial charge in [0.25, 0.3) is 0 Å². The maximum absolute atomic E-state index is 9.41. The maximum Gasteiger partial charge on any atom is 0.191 e. The molecule has 0 radical (unpaired) electrons. The number of hydrogen-bond donors (Lipinski definition) is 3. The van der Waals surface area contributed by atoms with Gasteiger partial charge in [0.15, 0.2) is 5.96 Å². The summed E-state index contributed by atoms with van der Waals surface area (Å²) in [7, 11) is 0. The van der Waals surface area contributed by atoms with Crippen LogP contribution in [-0.4, -0.2) is 62.7 Å². The quantitative estimate of drug-likeness (QED) is 0.340. The number of guanidine groups is 1. The Kier molecular flexibility index (Phi) is 7.66. The number of aliphatic hydroxyl groups is 1. The molecule has 2 aliphatic heterocycles.